The lowest BCUT2D eigenvalue weighted by atomic mass is 10.2. The van der Waals surface area contributed by atoms with Crippen LogP contribution in [0.25, 0.3) is 0 Å². The fourth-order valence-corrected chi connectivity index (χ4v) is 2.03. The Balaban J connectivity index is 2.49. The molecule has 6 heteroatoms. The highest BCUT2D eigenvalue weighted by Gasteiger charge is 2.14. The third kappa shape index (κ3) is 6.00. The van der Waals surface area contributed by atoms with Gasteiger partial charge < -0.3 is 11.1 Å². The molecule has 1 aromatic rings. The Kier molecular flexibility index (Phi) is 6.21. The zero-order valence-electron chi connectivity index (χ0n) is 11.0. The molecular weight excluding hydrogens is 282 g/mol. The molecule has 1 aromatic carbocycles. The van der Waals surface area contributed by atoms with Crippen LogP contribution in [0.5, 0.6) is 0 Å². The molecule has 0 saturated heterocycles. The molecule has 0 aliphatic heterocycles. The van der Waals surface area contributed by atoms with Gasteiger partial charge in [-0.2, -0.15) is 0 Å². The predicted octanol–water partition coefficient (Wildman–Crippen LogP) is 2.27. The summed E-state index contributed by atoms with van der Waals surface area (Å²) >= 11 is 10.7. The van der Waals surface area contributed by atoms with Crippen molar-refractivity contribution >= 4 is 40.4 Å². The maximum Gasteiger partial charge on any atom is 0.238 e. The van der Waals surface area contributed by atoms with Crippen molar-refractivity contribution in [2.75, 3.05) is 18.9 Å². The van der Waals surface area contributed by atoms with Gasteiger partial charge in [-0.1, -0.05) is 29.9 Å². The second-order valence-electron chi connectivity index (χ2n) is 4.49. The van der Waals surface area contributed by atoms with Crippen molar-refractivity contribution in [3.05, 3.63) is 29.3 Å². The Morgan fingerprint density at radius 3 is 2.84 bits per heavy atom. The van der Waals surface area contributed by atoms with E-state index < -0.39 is 0 Å². The topological polar surface area (TPSA) is 58.4 Å². The molecule has 0 fully saturated rings. The normalized spacial score (nSPS) is 12.2. The number of nitrogens with one attached hydrogen (secondary N) is 1. The van der Waals surface area contributed by atoms with E-state index in [1.165, 1.54) is 0 Å². The highest BCUT2D eigenvalue weighted by Crippen LogP contribution is 2.14. The van der Waals surface area contributed by atoms with Gasteiger partial charge in [-0.25, -0.2) is 0 Å². The number of carbonyl (C=O) groups is 1. The molecule has 104 valence electrons. The SMILES string of the molecule is CC(CC(N)=S)N(C)CC(=O)Nc1cccc(Cl)c1. The van der Waals surface area contributed by atoms with Crippen LogP contribution in [0.4, 0.5) is 5.69 Å². The average molecular weight is 300 g/mol. The van der Waals surface area contributed by atoms with Gasteiger partial charge in [-0.3, -0.25) is 9.69 Å². The van der Waals surface area contributed by atoms with E-state index >= 15 is 0 Å². The van der Waals surface area contributed by atoms with Crippen LogP contribution < -0.4 is 11.1 Å². The fourth-order valence-electron chi connectivity index (χ4n) is 1.60. The Morgan fingerprint density at radius 1 is 1.58 bits per heavy atom. The quantitative estimate of drug-likeness (QED) is 0.791. The van der Waals surface area contributed by atoms with Crippen LogP contribution in [-0.2, 0) is 4.79 Å². The van der Waals surface area contributed by atoms with Gasteiger partial charge >= 0.3 is 0 Å². The van der Waals surface area contributed by atoms with Crippen LogP contribution in [0.15, 0.2) is 24.3 Å². The standard InChI is InChI=1S/C13H18ClN3OS/c1-9(6-12(15)19)17(2)8-13(18)16-11-5-3-4-10(14)7-11/h3-5,7,9H,6,8H2,1-2H3,(H2,15,19)(H,16,18). The summed E-state index contributed by atoms with van der Waals surface area (Å²) in [6.45, 7) is 2.25. The average Bonchev–Trinajstić information content (AvgIpc) is 2.27. The molecule has 1 atom stereocenters. The maximum atomic E-state index is 11.9. The number of likely N-dealkylation sites (N-methyl/N-ethyl adjacent to an activating group) is 1. The molecule has 4 nitrogen and oxygen atoms in total. The lowest BCUT2D eigenvalue weighted by Gasteiger charge is -2.23. The minimum Gasteiger partial charge on any atom is -0.393 e. The van der Waals surface area contributed by atoms with Crippen molar-refractivity contribution in [1.29, 1.82) is 0 Å². The summed E-state index contributed by atoms with van der Waals surface area (Å²) in [6, 6.07) is 7.17. The molecule has 0 spiro atoms. The van der Waals surface area contributed by atoms with E-state index in [1.807, 2.05) is 18.9 Å². The van der Waals surface area contributed by atoms with E-state index in [0.29, 0.717) is 22.1 Å². The van der Waals surface area contributed by atoms with Crippen LogP contribution in [0, 0.1) is 0 Å². The number of halogens is 1. The summed E-state index contributed by atoms with van der Waals surface area (Å²) in [5, 5.41) is 3.38. The second-order valence-corrected chi connectivity index (χ2v) is 5.45. The van der Waals surface area contributed by atoms with E-state index in [4.69, 9.17) is 29.6 Å². The summed E-state index contributed by atoms with van der Waals surface area (Å²) < 4.78 is 0. The van der Waals surface area contributed by atoms with Gasteiger partial charge in [0.2, 0.25) is 5.91 Å². The van der Waals surface area contributed by atoms with Crippen LogP contribution in [0.3, 0.4) is 0 Å². The molecule has 0 saturated carbocycles. The monoisotopic (exact) mass is 299 g/mol. The van der Waals surface area contributed by atoms with Gasteiger partial charge in [-0.15, -0.1) is 0 Å². The minimum atomic E-state index is -0.0976. The number of hydrogen-bond donors (Lipinski definition) is 2. The number of amides is 1. The first kappa shape index (κ1) is 15.9. The molecule has 0 heterocycles. The number of rotatable bonds is 6. The predicted molar refractivity (Wildman–Crippen MR) is 83.6 cm³/mol. The molecular formula is C13H18ClN3OS. The van der Waals surface area contributed by atoms with Crippen LogP contribution >= 0.6 is 23.8 Å². The fraction of sp³-hybridized carbons (Fsp3) is 0.385. The van der Waals surface area contributed by atoms with Gasteiger partial charge in [0.25, 0.3) is 0 Å². The number of carbonyl (C=O) groups excluding carboxylic acids is 1. The first-order valence-corrected chi connectivity index (χ1v) is 6.71. The van der Waals surface area contributed by atoms with E-state index in [1.54, 1.807) is 24.3 Å². The second kappa shape index (κ2) is 7.43. The van der Waals surface area contributed by atoms with Crippen molar-refractivity contribution in [3.8, 4) is 0 Å². The first-order chi connectivity index (χ1) is 8.88. The van der Waals surface area contributed by atoms with E-state index in [9.17, 15) is 4.79 Å². The van der Waals surface area contributed by atoms with E-state index in [2.05, 4.69) is 5.32 Å². The third-order valence-electron chi connectivity index (χ3n) is 2.75. The minimum absolute atomic E-state index is 0.0976. The van der Waals surface area contributed by atoms with Crippen molar-refractivity contribution < 1.29 is 4.79 Å². The first-order valence-electron chi connectivity index (χ1n) is 5.92. The number of thiocarbonyl (C=S) groups is 1. The number of nitrogens with zero attached hydrogens (tertiary/aromatic N) is 1. The van der Waals surface area contributed by atoms with Gasteiger partial charge in [-0.05, 0) is 32.2 Å². The Hall–Kier alpha value is -1.17. The molecule has 19 heavy (non-hydrogen) atoms. The number of nitrogens with two attached hydrogens (primary N) is 1. The molecule has 1 amide bonds. The molecule has 0 radical (unpaired) electrons. The van der Waals surface area contributed by atoms with Crippen LogP contribution in [0.2, 0.25) is 5.02 Å². The van der Waals surface area contributed by atoms with E-state index in [-0.39, 0.29) is 18.5 Å². The molecule has 0 aromatic heterocycles. The van der Waals surface area contributed by atoms with Gasteiger partial charge in [0.05, 0.1) is 11.5 Å². The Morgan fingerprint density at radius 2 is 2.26 bits per heavy atom. The molecule has 3 N–H and O–H groups in total. The van der Waals surface area contributed by atoms with Crippen molar-refractivity contribution in [3.63, 3.8) is 0 Å². The molecule has 0 aliphatic carbocycles. The van der Waals surface area contributed by atoms with Crippen LogP contribution in [-0.4, -0.2) is 35.4 Å². The maximum absolute atomic E-state index is 11.9. The number of hydrogen-bond acceptors (Lipinski definition) is 3. The van der Waals surface area contributed by atoms with Gasteiger partial charge in [0.15, 0.2) is 0 Å². The summed E-state index contributed by atoms with van der Waals surface area (Å²) in [7, 11) is 1.86. The van der Waals surface area contributed by atoms with Crippen molar-refractivity contribution in [2.45, 2.75) is 19.4 Å². The highest BCUT2D eigenvalue weighted by molar-refractivity contribution is 7.80. The highest BCUT2D eigenvalue weighted by atomic mass is 35.5. The summed E-state index contributed by atoms with van der Waals surface area (Å²) in [4.78, 5) is 14.2. The lowest BCUT2D eigenvalue weighted by Crippen LogP contribution is -2.38. The van der Waals surface area contributed by atoms with Crippen molar-refractivity contribution in [1.82, 2.24) is 4.90 Å². The molecule has 1 unspecified atom stereocenters. The zero-order valence-corrected chi connectivity index (χ0v) is 12.6. The van der Waals surface area contributed by atoms with E-state index in [0.717, 1.165) is 0 Å². The lowest BCUT2D eigenvalue weighted by molar-refractivity contribution is -0.117. The third-order valence-corrected chi connectivity index (χ3v) is 3.15. The van der Waals surface area contributed by atoms with Crippen LogP contribution in [0.1, 0.15) is 13.3 Å². The molecule has 0 aliphatic rings. The summed E-state index contributed by atoms with van der Waals surface area (Å²) in [5.41, 5.74) is 6.18. The van der Waals surface area contributed by atoms with Gasteiger partial charge in [0.1, 0.15) is 0 Å². The molecule has 1 rings (SSSR count). The van der Waals surface area contributed by atoms with Gasteiger partial charge in [0, 0.05) is 23.2 Å². The summed E-state index contributed by atoms with van der Waals surface area (Å²) in [6.07, 6.45) is 0.594. The number of benzene rings is 1. The Bertz CT molecular complexity index is 467. The largest absolute Gasteiger partial charge is 0.393 e. The van der Waals surface area contributed by atoms with Crippen molar-refractivity contribution in [2.24, 2.45) is 5.73 Å². The molecule has 0 bridgehead atoms. The Labute approximate surface area is 123 Å². The smallest absolute Gasteiger partial charge is 0.238 e. The zero-order chi connectivity index (χ0) is 14.4. The summed E-state index contributed by atoms with van der Waals surface area (Å²) in [5.74, 6) is -0.0976. The number of anilines is 1.